The number of halogens is 1. The van der Waals surface area contributed by atoms with Crippen molar-refractivity contribution in [3.05, 3.63) is 23.8 Å². The molecule has 0 fully saturated rings. The van der Waals surface area contributed by atoms with Crippen LogP contribution in [-0.4, -0.2) is 5.24 Å². The molecule has 0 aromatic heterocycles. The van der Waals surface area contributed by atoms with Crippen molar-refractivity contribution in [2.45, 2.75) is 40.5 Å². The Kier molecular flexibility index (Phi) is 7.41. The van der Waals surface area contributed by atoms with Crippen LogP contribution in [-0.2, 0) is 4.79 Å². The zero-order chi connectivity index (χ0) is 11.8. The molecule has 0 saturated carbocycles. The van der Waals surface area contributed by atoms with E-state index >= 15 is 0 Å². The molecule has 1 unspecified atom stereocenters. The van der Waals surface area contributed by atoms with E-state index in [0.717, 1.165) is 11.5 Å². The lowest BCUT2D eigenvalue weighted by Crippen LogP contribution is -1.94. The molecule has 15 heavy (non-hydrogen) atoms. The van der Waals surface area contributed by atoms with Crippen molar-refractivity contribution >= 4 is 16.8 Å². The number of allylic oxidation sites excluding steroid dienone is 4. The number of rotatable bonds is 6. The second kappa shape index (κ2) is 7.70. The van der Waals surface area contributed by atoms with Gasteiger partial charge in [-0.1, -0.05) is 39.3 Å². The van der Waals surface area contributed by atoms with Gasteiger partial charge in [-0.25, -0.2) is 0 Å². The minimum absolute atomic E-state index is 0.410. The summed E-state index contributed by atoms with van der Waals surface area (Å²) in [4.78, 5) is 10.6. The molecule has 0 aliphatic carbocycles. The largest absolute Gasteiger partial charge is 0.276 e. The average molecular weight is 229 g/mol. The molecular formula is C13H21ClO. The Balaban J connectivity index is 3.99. The summed E-state index contributed by atoms with van der Waals surface area (Å²) < 4.78 is 0. The fourth-order valence-corrected chi connectivity index (χ4v) is 1.41. The van der Waals surface area contributed by atoms with Gasteiger partial charge >= 0.3 is 0 Å². The summed E-state index contributed by atoms with van der Waals surface area (Å²) >= 11 is 5.24. The summed E-state index contributed by atoms with van der Waals surface area (Å²) in [5.41, 5.74) is 0.909. The molecule has 0 saturated heterocycles. The highest BCUT2D eigenvalue weighted by atomic mass is 35.5. The van der Waals surface area contributed by atoms with Crippen molar-refractivity contribution in [2.75, 3.05) is 0 Å². The molecular weight excluding hydrogens is 208 g/mol. The van der Waals surface area contributed by atoms with Crippen LogP contribution in [0.25, 0.3) is 0 Å². The molecule has 0 heterocycles. The molecule has 1 nitrogen and oxygen atoms in total. The molecule has 0 rings (SSSR count). The van der Waals surface area contributed by atoms with Crippen molar-refractivity contribution in [2.24, 2.45) is 11.8 Å². The fourth-order valence-electron chi connectivity index (χ4n) is 1.24. The van der Waals surface area contributed by atoms with Crippen LogP contribution in [0.5, 0.6) is 0 Å². The van der Waals surface area contributed by atoms with Crippen LogP contribution in [0, 0.1) is 11.8 Å². The first-order valence-corrected chi connectivity index (χ1v) is 5.85. The first-order chi connectivity index (χ1) is 6.91. The maximum absolute atomic E-state index is 10.6. The van der Waals surface area contributed by atoms with Gasteiger partial charge < -0.3 is 0 Å². The van der Waals surface area contributed by atoms with E-state index in [1.165, 1.54) is 18.9 Å². The van der Waals surface area contributed by atoms with E-state index in [1.54, 1.807) is 0 Å². The summed E-state index contributed by atoms with van der Waals surface area (Å²) in [7, 11) is 0. The molecule has 0 radical (unpaired) electrons. The molecule has 0 bridgehead atoms. The van der Waals surface area contributed by atoms with Gasteiger partial charge in [0.25, 0.3) is 0 Å². The van der Waals surface area contributed by atoms with Gasteiger partial charge in [0.15, 0.2) is 0 Å². The van der Waals surface area contributed by atoms with Crippen molar-refractivity contribution in [1.29, 1.82) is 0 Å². The van der Waals surface area contributed by atoms with Gasteiger partial charge in [-0.05, 0) is 42.4 Å². The van der Waals surface area contributed by atoms with Gasteiger partial charge in [-0.3, -0.25) is 4.79 Å². The number of carbonyl (C=O) groups is 1. The van der Waals surface area contributed by atoms with Crippen LogP contribution in [0.15, 0.2) is 23.8 Å². The summed E-state index contributed by atoms with van der Waals surface area (Å²) in [6.07, 6.45) is 7.96. The van der Waals surface area contributed by atoms with Crippen molar-refractivity contribution in [1.82, 2.24) is 0 Å². The lowest BCUT2D eigenvalue weighted by Gasteiger charge is -2.08. The van der Waals surface area contributed by atoms with Crippen LogP contribution in [0.2, 0.25) is 0 Å². The third-order valence-corrected chi connectivity index (χ3v) is 2.34. The molecule has 2 heteroatoms. The molecule has 86 valence electrons. The number of hydrogen-bond acceptors (Lipinski definition) is 1. The Labute approximate surface area is 98.2 Å². The van der Waals surface area contributed by atoms with Crippen molar-refractivity contribution in [3.63, 3.8) is 0 Å². The Morgan fingerprint density at radius 2 is 1.87 bits per heavy atom. The van der Waals surface area contributed by atoms with E-state index in [4.69, 9.17) is 11.6 Å². The second-order valence-electron chi connectivity index (χ2n) is 4.50. The first kappa shape index (κ1) is 14.4. The van der Waals surface area contributed by atoms with Gasteiger partial charge in [-0.15, -0.1) is 0 Å². The van der Waals surface area contributed by atoms with Crippen LogP contribution in [0.4, 0.5) is 0 Å². The third-order valence-electron chi connectivity index (χ3n) is 2.23. The standard InChI is InChI=1S/C13H21ClO/c1-10(2)5-6-11(3)7-8-12(4)9-13(14)15/h7-11H,5-6H2,1-4H3/b8-7+,12-9+. The highest BCUT2D eigenvalue weighted by Gasteiger charge is 1.99. The molecule has 0 aliphatic rings. The van der Waals surface area contributed by atoms with Crippen LogP contribution >= 0.6 is 11.6 Å². The predicted molar refractivity (Wildman–Crippen MR) is 67.0 cm³/mol. The highest BCUT2D eigenvalue weighted by Crippen LogP contribution is 2.13. The third kappa shape index (κ3) is 9.74. The summed E-state index contributed by atoms with van der Waals surface area (Å²) in [5, 5.41) is -0.410. The summed E-state index contributed by atoms with van der Waals surface area (Å²) in [6, 6.07) is 0. The predicted octanol–water partition coefficient (Wildman–Crippen LogP) is 4.33. The van der Waals surface area contributed by atoms with Crippen LogP contribution in [0.1, 0.15) is 40.5 Å². The molecule has 0 N–H and O–H groups in total. The molecule has 0 aliphatic heterocycles. The quantitative estimate of drug-likeness (QED) is 0.376. The number of hydrogen-bond donors (Lipinski definition) is 0. The molecule has 0 amide bonds. The monoisotopic (exact) mass is 228 g/mol. The van der Waals surface area contributed by atoms with Gasteiger partial charge in [0.1, 0.15) is 0 Å². The van der Waals surface area contributed by atoms with Gasteiger partial charge in [0.05, 0.1) is 0 Å². The van der Waals surface area contributed by atoms with Crippen LogP contribution in [0.3, 0.4) is 0 Å². The Bertz CT molecular complexity index is 251. The second-order valence-corrected chi connectivity index (χ2v) is 4.87. The van der Waals surface area contributed by atoms with E-state index in [0.29, 0.717) is 5.92 Å². The van der Waals surface area contributed by atoms with Crippen molar-refractivity contribution in [3.8, 4) is 0 Å². The number of carbonyl (C=O) groups excluding carboxylic acids is 1. The smallest absolute Gasteiger partial charge is 0.245 e. The summed E-state index contributed by atoms with van der Waals surface area (Å²) in [6.45, 7) is 8.53. The van der Waals surface area contributed by atoms with Gasteiger partial charge in [0, 0.05) is 6.08 Å². The first-order valence-electron chi connectivity index (χ1n) is 5.47. The minimum atomic E-state index is -0.410. The van der Waals surface area contributed by atoms with E-state index < -0.39 is 5.24 Å². The van der Waals surface area contributed by atoms with E-state index in [2.05, 4.69) is 26.8 Å². The van der Waals surface area contributed by atoms with E-state index in [1.807, 2.05) is 13.0 Å². The zero-order valence-electron chi connectivity index (χ0n) is 10.1. The summed E-state index contributed by atoms with van der Waals surface area (Å²) in [5.74, 6) is 1.31. The Morgan fingerprint density at radius 1 is 1.27 bits per heavy atom. The van der Waals surface area contributed by atoms with Gasteiger partial charge in [0.2, 0.25) is 5.24 Å². The Hall–Kier alpha value is -0.560. The minimum Gasteiger partial charge on any atom is -0.276 e. The van der Waals surface area contributed by atoms with Crippen LogP contribution < -0.4 is 0 Å². The zero-order valence-corrected chi connectivity index (χ0v) is 10.8. The average Bonchev–Trinajstić information content (AvgIpc) is 2.10. The Morgan fingerprint density at radius 3 is 2.33 bits per heavy atom. The molecule has 0 spiro atoms. The van der Waals surface area contributed by atoms with Gasteiger partial charge in [-0.2, -0.15) is 0 Å². The highest BCUT2D eigenvalue weighted by molar-refractivity contribution is 6.66. The normalized spacial score (nSPS) is 14.9. The molecule has 0 aromatic rings. The topological polar surface area (TPSA) is 17.1 Å². The SMILES string of the molecule is CC(/C=C/C(C)CCC(C)C)=C\C(=O)Cl. The lowest BCUT2D eigenvalue weighted by molar-refractivity contribution is -0.107. The maximum Gasteiger partial charge on any atom is 0.245 e. The molecule has 1 atom stereocenters. The lowest BCUT2D eigenvalue weighted by atomic mass is 9.98. The fraction of sp³-hybridized carbons (Fsp3) is 0.615. The maximum atomic E-state index is 10.6. The van der Waals surface area contributed by atoms with E-state index in [-0.39, 0.29) is 0 Å². The van der Waals surface area contributed by atoms with E-state index in [9.17, 15) is 4.79 Å². The van der Waals surface area contributed by atoms with Crippen molar-refractivity contribution < 1.29 is 4.79 Å². The molecule has 0 aromatic carbocycles.